The van der Waals surface area contributed by atoms with Gasteiger partial charge in [0.05, 0.1) is 6.04 Å². The Morgan fingerprint density at radius 2 is 1.72 bits per heavy atom. The van der Waals surface area contributed by atoms with Crippen molar-refractivity contribution in [3.8, 4) is 0 Å². The number of hydrogen-bond donors (Lipinski definition) is 2. The second-order valence-corrected chi connectivity index (χ2v) is 8.44. The third-order valence-corrected chi connectivity index (χ3v) is 6.18. The summed E-state index contributed by atoms with van der Waals surface area (Å²) in [6.45, 7) is 5.03. The first-order chi connectivity index (χ1) is 15.7. The van der Waals surface area contributed by atoms with Crippen molar-refractivity contribution in [1.82, 2.24) is 15.6 Å². The van der Waals surface area contributed by atoms with Gasteiger partial charge in [-0.05, 0) is 61.7 Å². The Balaban J connectivity index is 1.22. The van der Waals surface area contributed by atoms with Crippen molar-refractivity contribution in [3.63, 3.8) is 0 Å². The maximum absolute atomic E-state index is 12.6. The molecule has 2 aromatic carbocycles. The van der Waals surface area contributed by atoms with Crippen LogP contribution in [0.1, 0.15) is 47.4 Å². The van der Waals surface area contributed by atoms with Gasteiger partial charge >= 0.3 is 0 Å². The van der Waals surface area contributed by atoms with Gasteiger partial charge in [-0.15, -0.1) is 0 Å². The molecular weight excluding hydrogens is 396 g/mol. The average Bonchev–Trinajstić information content (AvgIpc) is 2.86. The van der Waals surface area contributed by atoms with Gasteiger partial charge < -0.3 is 15.5 Å². The van der Waals surface area contributed by atoms with E-state index in [-0.39, 0.29) is 11.9 Å². The summed E-state index contributed by atoms with van der Waals surface area (Å²) in [6, 6.07) is 24.6. The topological polar surface area (TPSA) is 57.3 Å². The van der Waals surface area contributed by atoms with Crippen LogP contribution in [0.5, 0.6) is 0 Å². The van der Waals surface area contributed by atoms with Gasteiger partial charge in [0.25, 0.3) is 5.91 Å². The van der Waals surface area contributed by atoms with Crippen LogP contribution in [0, 0.1) is 0 Å². The highest BCUT2D eigenvalue weighted by molar-refractivity contribution is 5.94. The van der Waals surface area contributed by atoms with E-state index in [1.807, 2.05) is 67.7 Å². The van der Waals surface area contributed by atoms with Gasteiger partial charge in [-0.3, -0.25) is 9.78 Å². The molecule has 5 nitrogen and oxygen atoms in total. The van der Waals surface area contributed by atoms with Gasteiger partial charge in [-0.1, -0.05) is 36.4 Å². The fourth-order valence-electron chi connectivity index (χ4n) is 4.22. The summed E-state index contributed by atoms with van der Waals surface area (Å²) in [5.41, 5.74) is 4.13. The number of pyridine rings is 1. The Morgan fingerprint density at radius 1 is 1.00 bits per heavy atom. The van der Waals surface area contributed by atoms with Crippen molar-refractivity contribution in [1.29, 1.82) is 0 Å². The second-order valence-electron chi connectivity index (χ2n) is 8.44. The Morgan fingerprint density at radius 3 is 2.41 bits per heavy atom. The number of rotatable bonds is 8. The molecule has 0 saturated carbocycles. The van der Waals surface area contributed by atoms with Crippen LogP contribution in [0.15, 0.2) is 79.0 Å². The predicted octanol–water partition coefficient (Wildman–Crippen LogP) is 4.37. The Bertz CT molecular complexity index is 968. The number of aromatic nitrogens is 1. The Hall–Kier alpha value is -3.18. The minimum atomic E-state index is -0.0382. The van der Waals surface area contributed by atoms with Crippen LogP contribution in [0.25, 0.3) is 0 Å². The maximum Gasteiger partial charge on any atom is 0.251 e. The first-order valence-corrected chi connectivity index (χ1v) is 11.5. The molecule has 1 saturated heterocycles. The Kier molecular flexibility index (Phi) is 7.51. The van der Waals surface area contributed by atoms with Crippen LogP contribution in [0.3, 0.4) is 0 Å². The minimum absolute atomic E-state index is 0.0208. The third-order valence-electron chi connectivity index (χ3n) is 6.18. The quantitative estimate of drug-likeness (QED) is 0.559. The van der Waals surface area contributed by atoms with E-state index in [0.29, 0.717) is 11.6 Å². The first kappa shape index (κ1) is 22.0. The fraction of sp³-hybridized carbons (Fsp3) is 0.333. The summed E-state index contributed by atoms with van der Waals surface area (Å²) in [5.74, 6) is -0.0382. The van der Waals surface area contributed by atoms with E-state index in [4.69, 9.17) is 0 Å². The number of piperidine rings is 1. The van der Waals surface area contributed by atoms with Crippen LogP contribution >= 0.6 is 0 Å². The molecule has 1 aromatic heterocycles. The van der Waals surface area contributed by atoms with Gasteiger partial charge in [-0.2, -0.15) is 0 Å². The molecule has 2 N–H and O–H groups in total. The molecule has 0 bridgehead atoms. The van der Waals surface area contributed by atoms with Crippen molar-refractivity contribution in [3.05, 3.63) is 95.8 Å². The van der Waals surface area contributed by atoms with Gasteiger partial charge in [0.15, 0.2) is 0 Å². The number of nitrogens with one attached hydrogen (secondary N) is 2. The van der Waals surface area contributed by atoms with Gasteiger partial charge in [0, 0.05) is 55.2 Å². The predicted molar refractivity (Wildman–Crippen MR) is 130 cm³/mol. The molecule has 1 amide bonds. The largest absolute Gasteiger partial charge is 0.371 e. The number of nitrogens with zero attached hydrogens (tertiary/aromatic N) is 2. The second kappa shape index (κ2) is 10.9. The summed E-state index contributed by atoms with van der Waals surface area (Å²) >= 11 is 0. The van der Waals surface area contributed by atoms with E-state index >= 15 is 0 Å². The average molecular weight is 429 g/mol. The highest BCUT2D eigenvalue weighted by atomic mass is 16.1. The van der Waals surface area contributed by atoms with Gasteiger partial charge in [0.2, 0.25) is 0 Å². The summed E-state index contributed by atoms with van der Waals surface area (Å²) in [4.78, 5) is 19.4. The third kappa shape index (κ3) is 5.95. The molecule has 1 aliphatic heterocycles. The molecule has 1 aliphatic rings. The number of benzene rings is 2. The van der Waals surface area contributed by atoms with E-state index in [1.165, 1.54) is 5.69 Å². The molecule has 1 atom stereocenters. The van der Waals surface area contributed by atoms with E-state index in [9.17, 15) is 4.79 Å². The zero-order chi connectivity index (χ0) is 22.2. The van der Waals surface area contributed by atoms with E-state index in [0.717, 1.165) is 50.2 Å². The number of hydrogen-bond acceptors (Lipinski definition) is 4. The van der Waals surface area contributed by atoms with Crippen LogP contribution in [0.2, 0.25) is 0 Å². The summed E-state index contributed by atoms with van der Waals surface area (Å²) < 4.78 is 0. The van der Waals surface area contributed by atoms with Gasteiger partial charge in [0.1, 0.15) is 0 Å². The lowest BCUT2D eigenvalue weighted by Crippen LogP contribution is -2.43. The summed E-state index contributed by atoms with van der Waals surface area (Å²) in [7, 11) is 0. The first-order valence-electron chi connectivity index (χ1n) is 11.5. The molecule has 0 radical (unpaired) electrons. The number of carbonyl (C=O) groups excluding carboxylic acids is 1. The minimum Gasteiger partial charge on any atom is -0.371 e. The zero-order valence-electron chi connectivity index (χ0n) is 18.7. The molecule has 3 aromatic rings. The van der Waals surface area contributed by atoms with Crippen molar-refractivity contribution in [2.45, 2.75) is 38.3 Å². The highest BCUT2D eigenvalue weighted by Crippen LogP contribution is 2.21. The molecule has 0 unspecified atom stereocenters. The molecule has 166 valence electrons. The standard InChI is InChI=1S/C27H32N4O/c1-21(22-7-3-2-4-8-22)30-27(32)23-10-12-26(13-11-23)31-19-15-25(16-20-31)29-18-14-24-9-5-6-17-28-24/h2-13,17,21,25,29H,14-16,18-20H2,1H3,(H,30,32)/t21-/m0/s1. The van der Waals surface area contributed by atoms with Crippen LogP contribution < -0.4 is 15.5 Å². The smallest absolute Gasteiger partial charge is 0.251 e. The highest BCUT2D eigenvalue weighted by Gasteiger charge is 2.19. The fourth-order valence-corrected chi connectivity index (χ4v) is 4.22. The number of anilines is 1. The summed E-state index contributed by atoms with van der Waals surface area (Å²) in [5, 5.41) is 6.76. The molecule has 0 aliphatic carbocycles. The van der Waals surface area contributed by atoms with Gasteiger partial charge in [-0.25, -0.2) is 0 Å². The molecule has 4 rings (SSSR count). The van der Waals surface area contributed by atoms with E-state index < -0.39 is 0 Å². The monoisotopic (exact) mass is 428 g/mol. The zero-order valence-corrected chi connectivity index (χ0v) is 18.7. The lowest BCUT2D eigenvalue weighted by atomic mass is 10.0. The van der Waals surface area contributed by atoms with Crippen LogP contribution in [0.4, 0.5) is 5.69 Å². The SMILES string of the molecule is C[C@H](NC(=O)c1ccc(N2CCC(NCCc3ccccn3)CC2)cc1)c1ccccc1. The molecule has 5 heteroatoms. The van der Waals surface area contributed by atoms with Crippen molar-refractivity contribution >= 4 is 11.6 Å². The molecule has 2 heterocycles. The van der Waals surface area contributed by atoms with Crippen molar-refractivity contribution in [2.75, 3.05) is 24.5 Å². The van der Waals surface area contributed by atoms with E-state index in [1.54, 1.807) is 0 Å². The van der Waals surface area contributed by atoms with Crippen LogP contribution in [-0.4, -0.2) is 36.6 Å². The molecule has 0 spiro atoms. The number of carbonyl (C=O) groups is 1. The number of amides is 1. The Labute approximate surface area is 190 Å². The maximum atomic E-state index is 12.6. The lowest BCUT2D eigenvalue weighted by Gasteiger charge is -2.34. The molecule has 1 fully saturated rings. The molecule has 32 heavy (non-hydrogen) atoms. The van der Waals surface area contributed by atoms with E-state index in [2.05, 4.69) is 38.7 Å². The normalized spacial score (nSPS) is 15.3. The lowest BCUT2D eigenvalue weighted by molar-refractivity contribution is 0.0940. The molecular formula is C27H32N4O. The van der Waals surface area contributed by atoms with Crippen LogP contribution in [-0.2, 0) is 6.42 Å². The summed E-state index contributed by atoms with van der Waals surface area (Å²) in [6.07, 6.45) is 5.07. The van der Waals surface area contributed by atoms with Crippen molar-refractivity contribution in [2.24, 2.45) is 0 Å². The van der Waals surface area contributed by atoms with Crippen molar-refractivity contribution < 1.29 is 4.79 Å².